The van der Waals surface area contributed by atoms with Crippen LogP contribution in [0.3, 0.4) is 0 Å². The summed E-state index contributed by atoms with van der Waals surface area (Å²) in [5, 5.41) is 0.773. The molecule has 1 aromatic carbocycles. The van der Waals surface area contributed by atoms with Crippen molar-refractivity contribution in [1.82, 2.24) is 4.90 Å². The molecule has 0 bridgehead atoms. The van der Waals surface area contributed by atoms with Crippen LogP contribution in [-0.2, 0) is 4.79 Å². The van der Waals surface area contributed by atoms with Crippen molar-refractivity contribution in [3.63, 3.8) is 0 Å². The van der Waals surface area contributed by atoms with Gasteiger partial charge in [0.2, 0.25) is 0 Å². The molecule has 1 unspecified atom stereocenters. The van der Waals surface area contributed by atoms with Crippen LogP contribution < -0.4 is 0 Å². The lowest BCUT2D eigenvalue weighted by Gasteiger charge is -2.26. The number of hydrogen-bond acceptors (Lipinski definition) is 2. The Hall–Kier alpha value is -0.860. The monoisotopic (exact) mass is 279 g/mol. The summed E-state index contributed by atoms with van der Waals surface area (Å²) in [5.41, 5.74) is 1.09. The van der Waals surface area contributed by atoms with Crippen molar-refractivity contribution in [2.45, 2.75) is 38.6 Å². The van der Waals surface area contributed by atoms with Crippen LogP contribution in [0.25, 0.3) is 0 Å². The van der Waals surface area contributed by atoms with Crippen molar-refractivity contribution in [3.8, 4) is 0 Å². The second-order valence-corrected chi connectivity index (χ2v) is 5.97. The summed E-state index contributed by atoms with van der Waals surface area (Å²) in [5.74, 6) is 0.680. The standard InChI is InChI=1S/C16H22ClNO/c1-12(14-9-5-6-10-15(14)17)18(2)11-16(19)13-7-3-4-8-13/h5-6,9-10,12-13H,3-4,7-8,11H2,1-2H3. The van der Waals surface area contributed by atoms with Crippen LogP contribution in [0.5, 0.6) is 0 Å². The second kappa shape index (κ2) is 6.53. The van der Waals surface area contributed by atoms with Crippen LogP contribution in [-0.4, -0.2) is 24.3 Å². The Morgan fingerprint density at radius 3 is 2.63 bits per heavy atom. The molecule has 3 heteroatoms. The molecule has 0 spiro atoms. The molecule has 0 aromatic heterocycles. The summed E-state index contributed by atoms with van der Waals surface area (Å²) < 4.78 is 0. The van der Waals surface area contributed by atoms with Gasteiger partial charge in [-0.2, -0.15) is 0 Å². The molecule has 0 aliphatic heterocycles. The summed E-state index contributed by atoms with van der Waals surface area (Å²) in [6.07, 6.45) is 4.57. The van der Waals surface area contributed by atoms with Crippen molar-refractivity contribution in [3.05, 3.63) is 34.9 Å². The third-order valence-electron chi connectivity index (χ3n) is 4.23. The summed E-state index contributed by atoms with van der Waals surface area (Å²) in [6, 6.07) is 8.02. The smallest absolute Gasteiger partial charge is 0.149 e. The lowest BCUT2D eigenvalue weighted by Crippen LogP contribution is -2.31. The Morgan fingerprint density at radius 1 is 1.37 bits per heavy atom. The number of carbonyl (C=O) groups is 1. The maximum Gasteiger partial charge on any atom is 0.149 e. The number of hydrogen-bond donors (Lipinski definition) is 0. The van der Waals surface area contributed by atoms with E-state index in [-0.39, 0.29) is 6.04 Å². The highest BCUT2D eigenvalue weighted by atomic mass is 35.5. The molecule has 2 rings (SSSR count). The fourth-order valence-corrected chi connectivity index (χ4v) is 3.10. The average molecular weight is 280 g/mol. The molecule has 19 heavy (non-hydrogen) atoms. The van der Waals surface area contributed by atoms with Gasteiger partial charge in [0, 0.05) is 17.0 Å². The number of likely N-dealkylation sites (N-methyl/N-ethyl adjacent to an activating group) is 1. The molecule has 0 saturated heterocycles. The van der Waals surface area contributed by atoms with E-state index in [2.05, 4.69) is 11.8 Å². The van der Waals surface area contributed by atoms with E-state index >= 15 is 0 Å². The lowest BCUT2D eigenvalue weighted by molar-refractivity contribution is -0.124. The highest BCUT2D eigenvalue weighted by molar-refractivity contribution is 6.31. The van der Waals surface area contributed by atoms with Gasteiger partial charge < -0.3 is 0 Å². The fourth-order valence-electron chi connectivity index (χ4n) is 2.81. The van der Waals surface area contributed by atoms with Crippen molar-refractivity contribution in [2.75, 3.05) is 13.6 Å². The quantitative estimate of drug-likeness (QED) is 0.809. The molecule has 0 amide bonds. The first-order chi connectivity index (χ1) is 9.09. The topological polar surface area (TPSA) is 20.3 Å². The largest absolute Gasteiger partial charge is 0.298 e. The molecule has 2 nitrogen and oxygen atoms in total. The van der Waals surface area contributed by atoms with E-state index in [4.69, 9.17) is 11.6 Å². The van der Waals surface area contributed by atoms with E-state index in [9.17, 15) is 4.79 Å². The predicted octanol–water partition coefficient (Wildman–Crippen LogP) is 4.09. The summed E-state index contributed by atoms with van der Waals surface area (Å²) >= 11 is 6.22. The van der Waals surface area contributed by atoms with E-state index in [1.54, 1.807) is 0 Å². The summed E-state index contributed by atoms with van der Waals surface area (Å²) in [7, 11) is 2.00. The zero-order valence-electron chi connectivity index (χ0n) is 11.7. The molecule has 1 atom stereocenters. The minimum atomic E-state index is 0.166. The minimum absolute atomic E-state index is 0.166. The first kappa shape index (κ1) is 14.5. The van der Waals surface area contributed by atoms with Gasteiger partial charge in [0.1, 0.15) is 5.78 Å². The number of benzene rings is 1. The number of rotatable bonds is 5. The maximum atomic E-state index is 12.2. The Bertz CT molecular complexity index is 440. The van der Waals surface area contributed by atoms with Gasteiger partial charge in [0.25, 0.3) is 0 Å². The Balaban J connectivity index is 1.97. The van der Waals surface area contributed by atoms with E-state index in [1.807, 2.05) is 31.3 Å². The fraction of sp³-hybridized carbons (Fsp3) is 0.562. The molecule has 0 heterocycles. The molecule has 1 saturated carbocycles. The van der Waals surface area contributed by atoms with Crippen LogP contribution in [0.4, 0.5) is 0 Å². The van der Waals surface area contributed by atoms with Crippen LogP contribution in [0.15, 0.2) is 24.3 Å². The van der Waals surface area contributed by atoms with Crippen LogP contribution in [0, 0.1) is 5.92 Å². The third kappa shape index (κ3) is 3.58. The van der Waals surface area contributed by atoms with Crippen LogP contribution in [0.2, 0.25) is 5.02 Å². The minimum Gasteiger partial charge on any atom is -0.298 e. The van der Waals surface area contributed by atoms with Gasteiger partial charge in [0.05, 0.1) is 6.54 Å². The average Bonchev–Trinajstić information content (AvgIpc) is 2.92. The SMILES string of the molecule is CC(c1ccccc1Cl)N(C)CC(=O)C1CCCC1. The van der Waals surface area contributed by atoms with Crippen LogP contribution >= 0.6 is 11.6 Å². The highest BCUT2D eigenvalue weighted by Gasteiger charge is 2.25. The van der Waals surface area contributed by atoms with Gasteiger partial charge in [-0.25, -0.2) is 0 Å². The number of Topliss-reactive ketones (excluding diaryl/α,β-unsaturated/α-hetero) is 1. The van der Waals surface area contributed by atoms with Crippen molar-refractivity contribution in [1.29, 1.82) is 0 Å². The van der Waals surface area contributed by atoms with Crippen molar-refractivity contribution < 1.29 is 4.79 Å². The first-order valence-corrected chi connectivity index (χ1v) is 7.44. The Kier molecular flexibility index (Phi) is 5.00. The van der Waals surface area contributed by atoms with Gasteiger partial charge in [-0.15, -0.1) is 0 Å². The maximum absolute atomic E-state index is 12.2. The Morgan fingerprint density at radius 2 is 2.00 bits per heavy atom. The van der Waals surface area contributed by atoms with Crippen molar-refractivity contribution in [2.24, 2.45) is 5.92 Å². The molecular weight excluding hydrogens is 258 g/mol. The molecule has 1 aliphatic carbocycles. The molecule has 0 radical (unpaired) electrons. The van der Waals surface area contributed by atoms with Crippen molar-refractivity contribution >= 4 is 17.4 Å². The molecule has 1 fully saturated rings. The van der Waals surface area contributed by atoms with Gasteiger partial charge in [-0.1, -0.05) is 42.6 Å². The number of nitrogens with zero attached hydrogens (tertiary/aromatic N) is 1. The van der Waals surface area contributed by atoms with Gasteiger partial charge in [0.15, 0.2) is 0 Å². The van der Waals surface area contributed by atoms with Gasteiger partial charge in [-0.05, 0) is 38.4 Å². The normalized spacial score (nSPS) is 17.9. The zero-order chi connectivity index (χ0) is 13.8. The molecule has 104 valence electrons. The first-order valence-electron chi connectivity index (χ1n) is 7.07. The van der Waals surface area contributed by atoms with Gasteiger partial charge >= 0.3 is 0 Å². The molecular formula is C16H22ClNO. The highest BCUT2D eigenvalue weighted by Crippen LogP contribution is 2.28. The number of halogens is 1. The van der Waals surface area contributed by atoms with Gasteiger partial charge in [-0.3, -0.25) is 9.69 Å². The predicted molar refractivity (Wildman–Crippen MR) is 79.5 cm³/mol. The second-order valence-electron chi connectivity index (χ2n) is 5.56. The van der Waals surface area contributed by atoms with E-state index in [1.165, 1.54) is 12.8 Å². The van der Waals surface area contributed by atoms with E-state index in [0.717, 1.165) is 23.4 Å². The van der Waals surface area contributed by atoms with Crippen LogP contribution in [0.1, 0.15) is 44.2 Å². The third-order valence-corrected chi connectivity index (χ3v) is 4.58. The Labute approximate surface area is 120 Å². The number of carbonyl (C=O) groups excluding carboxylic acids is 1. The van der Waals surface area contributed by atoms with E-state index < -0.39 is 0 Å². The molecule has 1 aliphatic rings. The molecule has 1 aromatic rings. The summed E-state index contributed by atoms with van der Waals surface area (Å²) in [6.45, 7) is 2.63. The molecule has 0 N–H and O–H groups in total. The summed E-state index contributed by atoms with van der Waals surface area (Å²) in [4.78, 5) is 14.3. The number of ketones is 1. The lowest BCUT2D eigenvalue weighted by atomic mass is 10.0. The zero-order valence-corrected chi connectivity index (χ0v) is 12.5. The van der Waals surface area contributed by atoms with E-state index in [0.29, 0.717) is 18.2 Å².